The molecule has 1 aromatic rings. The number of piperidine rings is 1. The van der Waals surface area contributed by atoms with Gasteiger partial charge in [0.25, 0.3) is 5.91 Å². The lowest BCUT2D eigenvalue weighted by atomic mass is 9.78. The summed E-state index contributed by atoms with van der Waals surface area (Å²) in [5.74, 6) is 0.743. The summed E-state index contributed by atoms with van der Waals surface area (Å²) in [6.07, 6.45) is 8.84. The second-order valence-electron chi connectivity index (χ2n) is 5.36. The van der Waals surface area contributed by atoms with Gasteiger partial charge in [0, 0.05) is 12.6 Å². The van der Waals surface area contributed by atoms with Gasteiger partial charge in [0.2, 0.25) is 5.22 Å². The maximum Gasteiger partial charge on any atom is 0.258 e. The molecule has 2 atom stereocenters. The van der Waals surface area contributed by atoms with Crippen molar-refractivity contribution in [2.24, 2.45) is 5.92 Å². The van der Waals surface area contributed by atoms with E-state index in [0.717, 1.165) is 19.4 Å². The fourth-order valence-electron chi connectivity index (χ4n) is 3.48. The number of furan rings is 1. The molecule has 1 aromatic heterocycles. The maximum atomic E-state index is 12.5. The number of nitrogens with zero attached hydrogens (tertiary/aromatic N) is 1. The number of fused-ring (bicyclic) bond motifs is 1. The van der Waals surface area contributed by atoms with Gasteiger partial charge in [-0.25, -0.2) is 0 Å². The first kappa shape index (κ1) is 12.1. The molecule has 0 bridgehead atoms. The Morgan fingerprint density at radius 3 is 2.83 bits per heavy atom. The van der Waals surface area contributed by atoms with Crippen LogP contribution in [-0.4, -0.2) is 23.4 Å². The summed E-state index contributed by atoms with van der Waals surface area (Å²) in [6.45, 7) is 0.863. The van der Waals surface area contributed by atoms with E-state index < -0.39 is 0 Å². The third-order valence-electron chi connectivity index (χ3n) is 4.35. The third kappa shape index (κ3) is 2.05. The van der Waals surface area contributed by atoms with Crippen molar-refractivity contribution in [1.29, 1.82) is 0 Å². The van der Waals surface area contributed by atoms with Crippen LogP contribution in [0.15, 0.2) is 16.7 Å². The molecule has 1 saturated heterocycles. The zero-order chi connectivity index (χ0) is 12.5. The topological polar surface area (TPSA) is 33.5 Å². The minimum Gasteiger partial charge on any atom is -0.452 e. The Morgan fingerprint density at radius 2 is 2.06 bits per heavy atom. The standard InChI is InChI=1S/C14H18ClNO2/c15-13-11(7-9-18-13)14(17)16-8-3-5-10-4-1-2-6-12(10)16/h7,9-10,12H,1-6,8H2. The summed E-state index contributed by atoms with van der Waals surface area (Å²) in [7, 11) is 0. The molecule has 1 amide bonds. The smallest absolute Gasteiger partial charge is 0.258 e. The first-order valence-electron chi connectivity index (χ1n) is 6.81. The molecule has 2 unspecified atom stereocenters. The van der Waals surface area contributed by atoms with Gasteiger partial charge in [-0.3, -0.25) is 4.79 Å². The second kappa shape index (κ2) is 4.96. The average molecular weight is 268 g/mol. The minimum absolute atomic E-state index is 0.0466. The van der Waals surface area contributed by atoms with Crippen molar-refractivity contribution in [2.45, 2.75) is 44.6 Å². The SMILES string of the molecule is O=C(c1ccoc1Cl)N1CCCC2CCCCC21. The number of hydrogen-bond acceptors (Lipinski definition) is 2. The van der Waals surface area contributed by atoms with Crippen molar-refractivity contribution in [3.05, 3.63) is 23.1 Å². The van der Waals surface area contributed by atoms with Gasteiger partial charge in [0.1, 0.15) is 0 Å². The van der Waals surface area contributed by atoms with Crippen molar-refractivity contribution in [3.8, 4) is 0 Å². The number of rotatable bonds is 1. The highest BCUT2D eigenvalue weighted by molar-refractivity contribution is 6.32. The number of halogens is 1. The number of carbonyl (C=O) groups excluding carboxylic acids is 1. The molecule has 1 aliphatic heterocycles. The van der Waals surface area contributed by atoms with E-state index in [1.807, 2.05) is 4.90 Å². The van der Waals surface area contributed by atoms with E-state index in [2.05, 4.69) is 0 Å². The van der Waals surface area contributed by atoms with Gasteiger partial charge in [0.05, 0.1) is 11.8 Å². The molecular weight excluding hydrogens is 250 g/mol. The number of likely N-dealkylation sites (tertiary alicyclic amines) is 1. The Labute approximate surface area is 112 Å². The van der Waals surface area contributed by atoms with Crippen LogP contribution >= 0.6 is 11.6 Å². The summed E-state index contributed by atoms with van der Waals surface area (Å²) in [6, 6.07) is 2.10. The Hall–Kier alpha value is -0.960. The van der Waals surface area contributed by atoms with Gasteiger partial charge < -0.3 is 9.32 Å². The highest BCUT2D eigenvalue weighted by Gasteiger charge is 2.36. The van der Waals surface area contributed by atoms with Crippen LogP contribution in [0.25, 0.3) is 0 Å². The molecule has 2 heterocycles. The summed E-state index contributed by atoms with van der Waals surface area (Å²) in [4.78, 5) is 14.5. The van der Waals surface area contributed by atoms with E-state index in [-0.39, 0.29) is 11.1 Å². The first-order valence-corrected chi connectivity index (χ1v) is 7.19. The van der Waals surface area contributed by atoms with E-state index >= 15 is 0 Å². The van der Waals surface area contributed by atoms with Crippen molar-refractivity contribution in [1.82, 2.24) is 4.90 Å². The van der Waals surface area contributed by atoms with Crippen LogP contribution in [0.1, 0.15) is 48.9 Å². The summed E-state index contributed by atoms with van der Waals surface area (Å²) >= 11 is 5.91. The molecular formula is C14H18ClNO2. The molecule has 2 fully saturated rings. The molecule has 3 rings (SSSR count). The average Bonchev–Trinajstić information content (AvgIpc) is 2.83. The third-order valence-corrected chi connectivity index (χ3v) is 4.65. The summed E-state index contributed by atoms with van der Waals surface area (Å²) in [5.41, 5.74) is 0.517. The molecule has 98 valence electrons. The van der Waals surface area contributed by atoms with Gasteiger partial charge in [-0.05, 0) is 49.3 Å². The summed E-state index contributed by atoms with van der Waals surface area (Å²) in [5, 5.41) is 0.220. The maximum absolute atomic E-state index is 12.5. The van der Waals surface area contributed by atoms with E-state index in [4.69, 9.17) is 16.0 Å². The van der Waals surface area contributed by atoms with Crippen LogP contribution < -0.4 is 0 Å². The van der Waals surface area contributed by atoms with Crippen molar-refractivity contribution >= 4 is 17.5 Å². The quantitative estimate of drug-likeness (QED) is 0.777. The van der Waals surface area contributed by atoms with Gasteiger partial charge in [-0.15, -0.1) is 0 Å². The predicted molar refractivity (Wildman–Crippen MR) is 69.7 cm³/mol. The lowest BCUT2D eigenvalue weighted by molar-refractivity contribution is 0.0390. The van der Waals surface area contributed by atoms with Crippen LogP contribution in [0.4, 0.5) is 0 Å². The highest BCUT2D eigenvalue weighted by Crippen LogP contribution is 2.36. The number of carbonyl (C=O) groups is 1. The Kier molecular flexibility index (Phi) is 3.33. The molecule has 0 N–H and O–H groups in total. The molecule has 0 spiro atoms. The van der Waals surface area contributed by atoms with Crippen LogP contribution in [0.2, 0.25) is 5.22 Å². The molecule has 0 aromatic carbocycles. The van der Waals surface area contributed by atoms with E-state index in [9.17, 15) is 4.79 Å². The van der Waals surface area contributed by atoms with Gasteiger partial charge in [-0.1, -0.05) is 12.8 Å². The highest BCUT2D eigenvalue weighted by atomic mass is 35.5. The van der Waals surface area contributed by atoms with Crippen molar-refractivity contribution < 1.29 is 9.21 Å². The fraction of sp³-hybridized carbons (Fsp3) is 0.643. The molecule has 2 aliphatic rings. The first-order chi connectivity index (χ1) is 8.77. The zero-order valence-corrected chi connectivity index (χ0v) is 11.2. The van der Waals surface area contributed by atoms with Gasteiger partial charge >= 0.3 is 0 Å². The van der Waals surface area contributed by atoms with Crippen molar-refractivity contribution in [2.75, 3.05) is 6.54 Å². The van der Waals surface area contributed by atoms with Gasteiger partial charge in [0.15, 0.2) is 0 Å². The predicted octanol–water partition coefficient (Wildman–Crippen LogP) is 3.73. The van der Waals surface area contributed by atoms with E-state index in [1.54, 1.807) is 6.07 Å². The van der Waals surface area contributed by atoms with Crippen LogP contribution in [0.3, 0.4) is 0 Å². The molecule has 0 radical (unpaired) electrons. The molecule has 4 heteroatoms. The molecule has 1 aliphatic carbocycles. The fourth-order valence-corrected chi connectivity index (χ4v) is 3.67. The Bertz CT molecular complexity index is 441. The number of hydrogen-bond donors (Lipinski definition) is 0. The normalized spacial score (nSPS) is 27.9. The van der Waals surface area contributed by atoms with Crippen LogP contribution in [0, 0.1) is 5.92 Å². The minimum atomic E-state index is 0.0466. The Balaban J connectivity index is 1.82. The zero-order valence-electron chi connectivity index (χ0n) is 10.4. The molecule has 3 nitrogen and oxygen atoms in total. The van der Waals surface area contributed by atoms with Crippen LogP contribution in [-0.2, 0) is 0 Å². The molecule has 18 heavy (non-hydrogen) atoms. The molecule has 1 saturated carbocycles. The van der Waals surface area contributed by atoms with Crippen molar-refractivity contribution in [3.63, 3.8) is 0 Å². The van der Waals surface area contributed by atoms with E-state index in [0.29, 0.717) is 17.5 Å². The van der Waals surface area contributed by atoms with E-state index in [1.165, 1.54) is 31.9 Å². The Morgan fingerprint density at radius 1 is 1.28 bits per heavy atom. The monoisotopic (exact) mass is 267 g/mol. The lowest BCUT2D eigenvalue weighted by Crippen LogP contribution is -2.49. The largest absolute Gasteiger partial charge is 0.452 e. The second-order valence-corrected chi connectivity index (χ2v) is 5.70. The number of amides is 1. The van der Waals surface area contributed by atoms with Crippen LogP contribution in [0.5, 0.6) is 0 Å². The van der Waals surface area contributed by atoms with Gasteiger partial charge in [-0.2, -0.15) is 0 Å². The lowest BCUT2D eigenvalue weighted by Gasteiger charge is -2.44. The summed E-state index contributed by atoms with van der Waals surface area (Å²) < 4.78 is 5.03.